The minimum atomic E-state index is -2.97. The summed E-state index contributed by atoms with van der Waals surface area (Å²) in [7, 11) is 0. The summed E-state index contributed by atoms with van der Waals surface area (Å²) in [5.41, 5.74) is 0. The van der Waals surface area contributed by atoms with Crippen LogP contribution in [0.3, 0.4) is 0 Å². The summed E-state index contributed by atoms with van der Waals surface area (Å²) in [6.07, 6.45) is -1.26. The Hall–Kier alpha value is -1.53. The molecule has 1 fully saturated rings. The summed E-state index contributed by atoms with van der Waals surface area (Å²) in [5, 5.41) is 0.343. The fourth-order valence-electron chi connectivity index (χ4n) is 1.13. The van der Waals surface area contributed by atoms with E-state index in [1.807, 2.05) is 0 Å². The maximum atomic E-state index is 12.4. The molecule has 0 atom stereocenters. The first-order valence-electron chi connectivity index (χ1n) is 4.74. The first kappa shape index (κ1) is 12.5. The fraction of sp³-hybridized carbons (Fsp3) is 0.667. The second kappa shape index (κ2) is 4.54. The molecule has 0 bridgehead atoms. The van der Waals surface area contributed by atoms with Gasteiger partial charge in [-0.2, -0.15) is 0 Å². The molecule has 0 unspecified atom stereocenters. The summed E-state index contributed by atoms with van der Waals surface area (Å²) in [5.74, 6) is -5.23. The van der Waals surface area contributed by atoms with E-state index in [4.69, 9.17) is 0 Å². The van der Waals surface area contributed by atoms with Gasteiger partial charge in [0.15, 0.2) is 0 Å². The molecule has 1 saturated heterocycles. The third-order valence-electron chi connectivity index (χ3n) is 1.97. The van der Waals surface area contributed by atoms with Crippen LogP contribution in [0.5, 0.6) is 0 Å². The third-order valence-corrected chi connectivity index (χ3v) is 1.97. The number of alkyl halides is 2. The average Bonchev–Trinajstić information content (AvgIpc) is 2.45. The van der Waals surface area contributed by atoms with Gasteiger partial charge in [-0.05, 0) is 6.92 Å². The van der Waals surface area contributed by atoms with Crippen LogP contribution in [0.1, 0.15) is 32.6 Å². The molecule has 0 radical (unpaired) electrons. The van der Waals surface area contributed by atoms with E-state index in [2.05, 4.69) is 4.84 Å². The Labute approximate surface area is 90.3 Å². The summed E-state index contributed by atoms with van der Waals surface area (Å²) in [6.45, 7) is 0.673. The lowest BCUT2D eigenvalue weighted by molar-refractivity contribution is -0.198. The molecule has 5 nitrogen and oxygen atoms in total. The van der Waals surface area contributed by atoms with E-state index >= 15 is 0 Å². The predicted octanol–water partition coefficient (Wildman–Crippen LogP) is 1.03. The molecule has 0 aromatic heterocycles. The van der Waals surface area contributed by atoms with Crippen LogP contribution >= 0.6 is 0 Å². The number of halogens is 2. The van der Waals surface area contributed by atoms with E-state index in [0.717, 1.165) is 0 Å². The van der Waals surface area contributed by atoms with Gasteiger partial charge in [0.05, 0.1) is 6.42 Å². The van der Waals surface area contributed by atoms with Crippen LogP contribution in [0.25, 0.3) is 0 Å². The Morgan fingerprint density at radius 1 is 1.38 bits per heavy atom. The van der Waals surface area contributed by atoms with Crippen molar-refractivity contribution in [2.75, 3.05) is 0 Å². The van der Waals surface area contributed by atoms with E-state index < -0.39 is 36.5 Å². The zero-order valence-corrected chi connectivity index (χ0v) is 8.66. The Kier molecular flexibility index (Phi) is 3.56. The third kappa shape index (κ3) is 3.56. The number of hydrogen-bond acceptors (Lipinski definition) is 4. The molecule has 7 heteroatoms. The molecule has 1 heterocycles. The molecule has 0 aromatic rings. The molecule has 0 N–H and O–H groups in total. The van der Waals surface area contributed by atoms with Gasteiger partial charge in [0.25, 0.3) is 11.8 Å². The highest BCUT2D eigenvalue weighted by atomic mass is 19.3. The fourth-order valence-corrected chi connectivity index (χ4v) is 1.13. The van der Waals surface area contributed by atoms with Crippen molar-refractivity contribution in [3.63, 3.8) is 0 Å². The second-order valence-corrected chi connectivity index (χ2v) is 3.62. The molecule has 0 aromatic carbocycles. The number of rotatable bonds is 4. The Morgan fingerprint density at radius 3 is 2.31 bits per heavy atom. The van der Waals surface area contributed by atoms with Gasteiger partial charge in [0.1, 0.15) is 0 Å². The predicted molar refractivity (Wildman–Crippen MR) is 47.0 cm³/mol. The average molecular weight is 235 g/mol. The van der Waals surface area contributed by atoms with Gasteiger partial charge >= 0.3 is 5.97 Å². The SMILES string of the molecule is CC(F)(F)CCC(=O)ON1C(=O)CCC1=O. The molecule has 1 aliphatic heterocycles. The van der Waals surface area contributed by atoms with Crippen LogP contribution in [0.2, 0.25) is 0 Å². The molecule has 0 saturated carbocycles. The Morgan fingerprint density at radius 2 is 1.88 bits per heavy atom. The van der Waals surface area contributed by atoms with Gasteiger partial charge in [0, 0.05) is 19.3 Å². The molecular formula is C9H11F2NO4. The number of hydrogen-bond donors (Lipinski definition) is 0. The molecule has 16 heavy (non-hydrogen) atoms. The highest BCUT2D eigenvalue weighted by molar-refractivity contribution is 6.01. The van der Waals surface area contributed by atoms with Crippen molar-refractivity contribution in [2.45, 2.75) is 38.5 Å². The van der Waals surface area contributed by atoms with Gasteiger partial charge in [-0.3, -0.25) is 9.59 Å². The van der Waals surface area contributed by atoms with Crippen molar-refractivity contribution in [1.82, 2.24) is 5.06 Å². The van der Waals surface area contributed by atoms with E-state index in [0.29, 0.717) is 12.0 Å². The number of carbonyl (C=O) groups is 3. The van der Waals surface area contributed by atoms with Crippen LogP contribution in [0.4, 0.5) is 8.78 Å². The minimum Gasteiger partial charge on any atom is -0.330 e. The van der Waals surface area contributed by atoms with Crippen LogP contribution in [-0.2, 0) is 19.2 Å². The number of imide groups is 1. The maximum absolute atomic E-state index is 12.4. The highest BCUT2D eigenvalue weighted by Gasteiger charge is 2.33. The van der Waals surface area contributed by atoms with Crippen molar-refractivity contribution < 1.29 is 28.0 Å². The molecule has 1 rings (SSSR count). The topological polar surface area (TPSA) is 63.7 Å². The first-order chi connectivity index (χ1) is 7.29. The summed E-state index contributed by atoms with van der Waals surface area (Å²) in [6, 6.07) is 0. The number of amides is 2. The molecule has 0 aliphatic carbocycles. The lowest BCUT2D eigenvalue weighted by Crippen LogP contribution is -2.32. The number of hydroxylamine groups is 2. The van der Waals surface area contributed by atoms with E-state index in [9.17, 15) is 23.2 Å². The lowest BCUT2D eigenvalue weighted by Gasteiger charge is -2.13. The summed E-state index contributed by atoms with van der Waals surface area (Å²) in [4.78, 5) is 37.4. The quantitative estimate of drug-likeness (QED) is 0.682. The second-order valence-electron chi connectivity index (χ2n) is 3.62. The van der Waals surface area contributed by atoms with Crippen molar-refractivity contribution >= 4 is 17.8 Å². The summed E-state index contributed by atoms with van der Waals surface area (Å²) < 4.78 is 24.8. The zero-order chi connectivity index (χ0) is 12.3. The standard InChI is InChI=1S/C9H11F2NO4/c1-9(10,11)5-4-8(15)16-12-6(13)2-3-7(12)14/h2-5H2,1H3. The summed E-state index contributed by atoms with van der Waals surface area (Å²) >= 11 is 0. The lowest BCUT2D eigenvalue weighted by atomic mass is 10.2. The van der Waals surface area contributed by atoms with Gasteiger partial charge in [-0.15, -0.1) is 5.06 Å². The Balaban J connectivity index is 2.40. The number of carbonyl (C=O) groups excluding carboxylic acids is 3. The number of nitrogens with zero attached hydrogens (tertiary/aromatic N) is 1. The molecule has 2 amide bonds. The van der Waals surface area contributed by atoms with E-state index in [1.54, 1.807) is 0 Å². The molecule has 1 aliphatic rings. The largest absolute Gasteiger partial charge is 0.333 e. The van der Waals surface area contributed by atoms with Crippen molar-refractivity contribution in [2.24, 2.45) is 0 Å². The monoisotopic (exact) mass is 235 g/mol. The van der Waals surface area contributed by atoms with Crippen molar-refractivity contribution in [1.29, 1.82) is 0 Å². The Bertz CT molecular complexity index is 308. The van der Waals surface area contributed by atoms with Crippen LogP contribution < -0.4 is 0 Å². The van der Waals surface area contributed by atoms with E-state index in [-0.39, 0.29) is 12.8 Å². The van der Waals surface area contributed by atoms with Crippen molar-refractivity contribution in [3.8, 4) is 0 Å². The maximum Gasteiger partial charge on any atom is 0.333 e. The highest BCUT2D eigenvalue weighted by Crippen LogP contribution is 2.20. The smallest absolute Gasteiger partial charge is 0.330 e. The van der Waals surface area contributed by atoms with Gasteiger partial charge in [-0.25, -0.2) is 13.6 Å². The molecule has 90 valence electrons. The van der Waals surface area contributed by atoms with Gasteiger partial charge in [0.2, 0.25) is 5.92 Å². The minimum absolute atomic E-state index is 0.0178. The van der Waals surface area contributed by atoms with Crippen LogP contribution in [-0.4, -0.2) is 28.8 Å². The van der Waals surface area contributed by atoms with E-state index in [1.165, 1.54) is 0 Å². The first-order valence-corrected chi connectivity index (χ1v) is 4.74. The van der Waals surface area contributed by atoms with Gasteiger partial charge < -0.3 is 4.84 Å². The van der Waals surface area contributed by atoms with Crippen LogP contribution in [0, 0.1) is 0 Å². The van der Waals surface area contributed by atoms with Gasteiger partial charge in [-0.1, -0.05) is 0 Å². The molecule has 0 spiro atoms. The zero-order valence-electron chi connectivity index (χ0n) is 8.66. The molecular weight excluding hydrogens is 224 g/mol. The normalized spacial score (nSPS) is 16.8. The van der Waals surface area contributed by atoms with Crippen LogP contribution in [0.15, 0.2) is 0 Å². The van der Waals surface area contributed by atoms with Crippen molar-refractivity contribution in [3.05, 3.63) is 0 Å².